The zero-order valence-electron chi connectivity index (χ0n) is 9.16. The van der Waals surface area contributed by atoms with E-state index in [1.165, 1.54) is 8.05 Å². The average molecular weight is 197 g/mol. The highest BCUT2D eigenvalue weighted by molar-refractivity contribution is 6.36. The molecule has 0 bridgehead atoms. The molecule has 5 heteroatoms. The van der Waals surface area contributed by atoms with E-state index in [1.807, 2.05) is 20.8 Å². The Hall–Kier alpha value is -0.995. The van der Waals surface area contributed by atoms with Crippen molar-refractivity contribution in [2.45, 2.75) is 45.2 Å². The maximum atomic E-state index is 11.7. The van der Waals surface area contributed by atoms with E-state index in [9.17, 15) is 9.59 Å². The molecule has 0 aromatic rings. The quantitative estimate of drug-likeness (QED) is 0.401. The molecule has 0 aromatic heterocycles. The van der Waals surface area contributed by atoms with Crippen molar-refractivity contribution < 1.29 is 14.2 Å². The van der Waals surface area contributed by atoms with E-state index in [2.05, 4.69) is 4.65 Å². The normalized spacial score (nSPS) is 24.8. The van der Waals surface area contributed by atoms with Gasteiger partial charge >= 0.3 is 19.9 Å². The zero-order chi connectivity index (χ0) is 10.9. The first-order valence-electron chi connectivity index (χ1n) is 4.82. The van der Waals surface area contributed by atoms with Crippen molar-refractivity contribution in [3.8, 4) is 0 Å². The second-order valence-corrected chi connectivity index (χ2v) is 4.37. The van der Waals surface area contributed by atoms with Crippen LogP contribution in [-0.4, -0.2) is 36.4 Å². The van der Waals surface area contributed by atoms with Crippen molar-refractivity contribution in [2.24, 2.45) is 0 Å². The van der Waals surface area contributed by atoms with Gasteiger partial charge in [-0.25, -0.2) is 4.79 Å². The summed E-state index contributed by atoms with van der Waals surface area (Å²) < 4.78 is 4.44. The Kier molecular flexibility index (Phi) is 2.88. The van der Waals surface area contributed by atoms with Gasteiger partial charge in [0.05, 0.1) is 0 Å². The first-order valence-corrected chi connectivity index (χ1v) is 4.82. The summed E-state index contributed by atoms with van der Waals surface area (Å²) in [6.07, 6.45) is 1.87. The van der Waals surface area contributed by atoms with Gasteiger partial charge in [0.1, 0.15) is 0 Å². The number of rotatable bonds is 0. The Morgan fingerprint density at radius 1 is 1.50 bits per heavy atom. The second kappa shape index (κ2) is 3.63. The molecule has 0 aromatic carbocycles. The van der Waals surface area contributed by atoms with Crippen LogP contribution in [0.2, 0.25) is 0 Å². The van der Waals surface area contributed by atoms with Crippen LogP contribution in [0.4, 0.5) is 0 Å². The lowest BCUT2D eigenvalue weighted by atomic mass is 10.0. The summed E-state index contributed by atoms with van der Waals surface area (Å²) in [5.41, 5.74) is -0.231. The van der Waals surface area contributed by atoms with Gasteiger partial charge in [0.2, 0.25) is 0 Å². The minimum atomic E-state index is -0.771. The summed E-state index contributed by atoms with van der Waals surface area (Å²) in [6, 6.07) is 0.122. The third-order valence-electron chi connectivity index (χ3n) is 2.85. The van der Waals surface area contributed by atoms with Gasteiger partial charge < -0.3 is 9.55 Å². The standard InChI is InChI=1S/C9H16BNO3/c1-6-4-5-9(2,3)11(6)7(12)8(13)14-10/h6H,4-5,10H2,1-3H3/t6-/m1/s1. The number of likely N-dealkylation sites (tertiary alicyclic amines) is 1. The summed E-state index contributed by atoms with van der Waals surface area (Å²) in [5, 5.41) is 0. The van der Waals surface area contributed by atoms with Crippen LogP contribution in [0.25, 0.3) is 0 Å². The van der Waals surface area contributed by atoms with Gasteiger partial charge in [-0.1, -0.05) is 0 Å². The molecular formula is C9H16BNO3. The predicted molar refractivity (Wildman–Crippen MR) is 54.3 cm³/mol. The highest BCUT2D eigenvalue weighted by Crippen LogP contribution is 2.33. The van der Waals surface area contributed by atoms with Gasteiger partial charge in [-0.05, 0) is 33.6 Å². The van der Waals surface area contributed by atoms with Crippen molar-refractivity contribution in [1.82, 2.24) is 4.90 Å². The Bertz CT molecular complexity index is 265. The summed E-state index contributed by atoms with van der Waals surface area (Å²) in [6.45, 7) is 5.89. The lowest BCUT2D eigenvalue weighted by Crippen LogP contribution is -2.49. The molecule has 0 aliphatic carbocycles. The molecule has 1 heterocycles. The first kappa shape index (κ1) is 11.1. The number of amides is 1. The zero-order valence-corrected chi connectivity index (χ0v) is 9.16. The molecule has 14 heavy (non-hydrogen) atoms. The molecule has 1 rings (SSSR count). The van der Waals surface area contributed by atoms with Crippen LogP contribution in [-0.2, 0) is 14.2 Å². The summed E-state index contributed by atoms with van der Waals surface area (Å²) in [5.74, 6) is -1.30. The number of hydrogen-bond acceptors (Lipinski definition) is 3. The fraction of sp³-hybridized carbons (Fsp3) is 0.778. The van der Waals surface area contributed by atoms with E-state index in [4.69, 9.17) is 0 Å². The molecule has 1 amide bonds. The summed E-state index contributed by atoms with van der Waals surface area (Å²) in [7, 11) is 1.23. The van der Waals surface area contributed by atoms with Gasteiger partial charge in [0.25, 0.3) is 0 Å². The second-order valence-electron chi connectivity index (χ2n) is 4.37. The number of carbonyl (C=O) groups excluding carboxylic acids is 2. The van der Waals surface area contributed by atoms with Crippen LogP contribution < -0.4 is 0 Å². The minimum Gasteiger partial charge on any atom is -0.536 e. The molecule has 1 fully saturated rings. The molecule has 0 unspecified atom stereocenters. The van der Waals surface area contributed by atoms with Crippen LogP contribution >= 0.6 is 0 Å². The highest BCUT2D eigenvalue weighted by atomic mass is 16.5. The van der Waals surface area contributed by atoms with Crippen LogP contribution in [0.5, 0.6) is 0 Å². The van der Waals surface area contributed by atoms with E-state index < -0.39 is 11.9 Å². The first-order chi connectivity index (χ1) is 6.40. The molecule has 4 nitrogen and oxygen atoms in total. The summed E-state index contributed by atoms with van der Waals surface area (Å²) >= 11 is 0. The van der Waals surface area contributed by atoms with E-state index in [0.29, 0.717) is 0 Å². The smallest absolute Gasteiger partial charge is 0.379 e. The van der Waals surface area contributed by atoms with Crippen molar-refractivity contribution in [3.05, 3.63) is 0 Å². The van der Waals surface area contributed by atoms with Crippen LogP contribution in [0.3, 0.4) is 0 Å². The van der Waals surface area contributed by atoms with Gasteiger partial charge in [-0.3, -0.25) is 4.79 Å². The molecule has 1 saturated heterocycles. The molecular weight excluding hydrogens is 181 g/mol. The summed E-state index contributed by atoms with van der Waals surface area (Å²) in [4.78, 5) is 24.4. The average Bonchev–Trinajstić information content (AvgIpc) is 2.38. The molecule has 0 N–H and O–H groups in total. The fourth-order valence-corrected chi connectivity index (χ4v) is 2.07. The maximum absolute atomic E-state index is 11.7. The molecule has 0 saturated carbocycles. The van der Waals surface area contributed by atoms with Crippen LogP contribution in [0, 0.1) is 0 Å². The Morgan fingerprint density at radius 2 is 2.07 bits per heavy atom. The van der Waals surface area contributed by atoms with Crippen molar-refractivity contribution >= 4 is 19.9 Å². The third kappa shape index (κ3) is 1.76. The van der Waals surface area contributed by atoms with E-state index >= 15 is 0 Å². The maximum Gasteiger partial charge on any atom is 0.379 e. The number of carbonyl (C=O) groups is 2. The van der Waals surface area contributed by atoms with Crippen molar-refractivity contribution in [2.75, 3.05) is 0 Å². The largest absolute Gasteiger partial charge is 0.536 e. The number of hydrogen-bond donors (Lipinski definition) is 0. The molecule has 1 atom stereocenters. The molecule has 1 aliphatic rings. The van der Waals surface area contributed by atoms with Gasteiger partial charge in [-0.15, -0.1) is 0 Å². The Balaban J connectivity index is 2.85. The topological polar surface area (TPSA) is 46.6 Å². The Labute approximate surface area is 85.0 Å². The van der Waals surface area contributed by atoms with Crippen LogP contribution in [0.15, 0.2) is 0 Å². The lowest BCUT2D eigenvalue weighted by Gasteiger charge is -2.33. The minimum absolute atomic E-state index is 0.122. The van der Waals surface area contributed by atoms with E-state index in [1.54, 1.807) is 4.90 Å². The highest BCUT2D eigenvalue weighted by Gasteiger charge is 2.42. The fourth-order valence-electron chi connectivity index (χ4n) is 2.07. The lowest BCUT2D eigenvalue weighted by molar-refractivity contribution is -0.157. The monoisotopic (exact) mass is 197 g/mol. The third-order valence-corrected chi connectivity index (χ3v) is 2.85. The predicted octanol–water partition coefficient (Wildman–Crippen LogP) is -0.133. The van der Waals surface area contributed by atoms with Crippen LogP contribution in [0.1, 0.15) is 33.6 Å². The van der Waals surface area contributed by atoms with Gasteiger partial charge in [0.15, 0.2) is 0 Å². The van der Waals surface area contributed by atoms with Crippen molar-refractivity contribution in [3.63, 3.8) is 0 Å². The van der Waals surface area contributed by atoms with Gasteiger partial charge in [-0.2, -0.15) is 0 Å². The van der Waals surface area contributed by atoms with E-state index in [-0.39, 0.29) is 11.6 Å². The molecule has 1 aliphatic heterocycles. The molecule has 0 spiro atoms. The van der Waals surface area contributed by atoms with Gasteiger partial charge in [0, 0.05) is 11.6 Å². The van der Waals surface area contributed by atoms with Crippen molar-refractivity contribution in [1.29, 1.82) is 0 Å². The molecule has 78 valence electrons. The molecule has 0 radical (unpaired) electrons. The SMILES string of the molecule is BOC(=O)C(=O)N1[C@H](C)CCC1(C)C. The van der Waals surface area contributed by atoms with E-state index in [0.717, 1.165) is 12.8 Å². The Morgan fingerprint density at radius 3 is 2.43 bits per heavy atom. The number of nitrogens with zero attached hydrogens (tertiary/aromatic N) is 1.